The Hall–Kier alpha value is -1.26. The van der Waals surface area contributed by atoms with Gasteiger partial charge in [-0.25, -0.2) is 0 Å². The van der Waals surface area contributed by atoms with Crippen LogP contribution in [0.3, 0.4) is 0 Å². The van der Waals surface area contributed by atoms with E-state index < -0.39 is 0 Å². The molecule has 4 nitrogen and oxygen atoms in total. The van der Waals surface area contributed by atoms with E-state index in [4.69, 9.17) is 9.47 Å². The van der Waals surface area contributed by atoms with Gasteiger partial charge in [0.15, 0.2) is 11.5 Å². The predicted molar refractivity (Wildman–Crippen MR) is 93.1 cm³/mol. The summed E-state index contributed by atoms with van der Waals surface area (Å²) in [7, 11) is 0. The Kier molecular flexibility index (Phi) is 7.18. The summed E-state index contributed by atoms with van der Waals surface area (Å²) < 4.78 is 11.7. The molecule has 2 rings (SSSR count). The number of piperidine rings is 1. The molecule has 0 spiro atoms. The topological polar surface area (TPSA) is 41.9 Å². The first kappa shape index (κ1) is 18.1. The van der Waals surface area contributed by atoms with E-state index in [-0.39, 0.29) is 6.10 Å². The van der Waals surface area contributed by atoms with Crippen molar-refractivity contribution in [2.75, 3.05) is 26.3 Å². The molecular formula is C19H31NO3. The molecule has 1 N–H and O–H groups in total. The quantitative estimate of drug-likeness (QED) is 0.796. The van der Waals surface area contributed by atoms with Crippen LogP contribution in [0.25, 0.3) is 0 Å². The van der Waals surface area contributed by atoms with Crippen LogP contribution >= 0.6 is 0 Å². The largest absolute Gasteiger partial charge is 0.490 e. The van der Waals surface area contributed by atoms with E-state index in [2.05, 4.69) is 17.9 Å². The molecule has 1 heterocycles. The fourth-order valence-corrected chi connectivity index (χ4v) is 3.16. The van der Waals surface area contributed by atoms with Crippen molar-refractivity contribution >= 4 is 0 Å². The zero-order valence-corrected chi connectivity index (χ0v) is 14.8. The lowest BCUT2D eigenvalue weighted by molar-refractivity contribution is 0.0691. The van der Waals surface area contributed by atoms with Gasteiger partial charge in [-0.1, -0.05) is 19.1 Å². The minimum absolute atomic E-state index is 0.193. The molecule has 1 saturated heterocycles. The summed E-state index contributed by atoms with van der Waals surface area (Å²) in [5.41, 5.74) is 1.19. The lowest BCUT2D eigenvalue weighted by Crippen LogP contribution is -2.36. The van der Waals surface area contributed by atoms with Crippen molar-refractivity contribution in [3.63, 3.8) is 0 Å². The second-order valence-corrected chi connectivity index (χ2v) is 6.38. The highest BCUT2D eigenvalue weighted by Crippen LogP contribution is 2.33. The third-order valence-corrected chi connectivity index (χ3v) is 4.52. The van der Waals surface area contributed by atoms with Crippen LogP contribution in [0.5, 0.6) is 11.5 Å². The molecule has 0 aliphatic carbocycles. The molecule has 1 atom stereocenters. The highest BCUT2D eigenvalue weighted by Gasteiger charge is 2.23. The van der Waals surface area contributed by atoms with Gasteiger partial charge in [0.25, 0.3) is 0 Å². The Morgan fingerprint density at radius 1 is 1.22 bits per heavy atom. The fourth-order valence-electron chi connectivity index (χ4n) is 3.16. The Balaban J connectivity index is 2.05. The number of aliphatic hydroxyl groups is 1. The number of hydrogen-bond acceptors (Lipinski definition) is 4. The van der Waals surface area contributed by atoms with Crippen LogP contribution in [0, 0.1) is 5.92 Å². The predicted octanol–water partition coefficient (Wildman–Crippen LogP) is 3.47. The van der Waals surface area contributed by atoms with Crippen molar-refractivity contribution in [1.82, 2.24) is 4.90 Å². The number of likely N-dealkylation sites (tertiary alicyclic amines) is 1. The molecule has 1 aliphatic rings. The zero-order chi connectivity index (χ0) is 16.7. The van der Waals surface area contributed by atoms with E-state index in [1.54, 1.807) is 0 Å². The molecule has 0 aromatic heterocycles. The van der Waals surface area contributed by atoms with Crippen molar-refractivity contribution in [2.45, 2.75) is 52.7 Å². The van der Waals surface area contributed by atoms with Crippen LogP contribution in [0.4, 0.5) is 0 Å². The summed E-state index contributed by atoms with van der Waals surface area (Å²) in [5.74, 6) is 2.18. The van der Waals surface area contributed by atoms with E-state index in [1.165, 1.54) is 5.56 Å². The summed E-state index contributed by atoms with van der Waals surface area (Å²) >= 11 is 0. The number of hydrogen-bond donors (Lipinski definition) is 1. The van der Waals surface area contributed by atoms with Gasteiger partial charge < -0.3 is 14.6 Å². The first-order valence-corrected chi connectivity index (χ1v) is 8.93. The van der Waals surface area contributed by atoms with E-state index >= 15 is 0 Å². The minimum atomic E-state index is -0.193. The molecule has 4 heteroatoms. The first-order valence-electron chi connectivity index (χ1n) is 8.93. The standard InChI is InChI=1S/C19H31NO3/c1-4-13-23-19-17(7-6-8-18(19)22-5-2)14-20-11-9-16(10-12-20)15(3)21/h6-8,15-16,21H,4-5,9-14H2,1-3H3. The van der Waals surface area contributed by atoms with Gasteiger partial charge in [-0.05, 0) is 58.2 Å². The summed E-state index contributed by atoms with van der Waals surface area (Å²) in [6.07, 6.45) is 2.92. The molecule has 1 aromatic rings. The first-order chi connectivity index (χ1) is 11.2. The monoisotopic (exact) mass is 321 g/mol. The highest BCUT2D eigenvalue weighted by atomic mass is 16.5. The van der Waals surface area contributed by atoms with Crippen LogP contribution in [-0.2, 0) is 6.54 Å². The molecule has 1 unspecified atom stereocenters. The van der Waals surface area contributed by atoms with Crippen LogP contribution in [0.1, 0.15) is 45.6 Å². The molecule has 130 valence electrons. The van der Waals surface area contributed by atoms with Gasteiger partial charge in [-0.15, -0.1) is 0 Å². The van der Waals surface area contributed by atoms with Crippen LogP contribution in [0.15, 0.2) is 18.2 Å². The number of rotatable bonds is 8. The SMILES string of the molecule is CCCOc1c(CN2CCC(C(C)O)CC2)cccc1OCC. The third-order valence-electron chi connectivity index (χ3n) is 4.52. The molecule has 23 heavy (non-hydrogen) atoms. The van der Waals surface area contributed by atoms with Gasteiger partial charge in [0.1, 0.15) is 0 Å². The summed E-state index contributed by atoms with van der Waals surface area (Å²) in [6, 6.07) is 6.16. The van der Waals surface area contributed by atoms with Gasteiger partial charge in [-0.3, -0.25) is 4.90 Å². The lowest BCUT2D eigenvalue weighted by atomic mass is 9.92. The van der Waals surface area contributed by atoms with E-state index in [0.29, 0.717) is 19.1 Å². The van der Waals surface area contributed by atoms with Crippen molar-refractivity contribution in [3.05, 3.63) is 23.8 Å². The van der Waals surface area contributed by atoms with Crippen molar-refractivity contribution in [2.24, 2.45) is 5.92 Å². The lowest BCUT2D eigenvalue weighted by Gasteiger charge is -2.33. The average molecular weight is 321 g/mol. The number of ether oxygens (including phenoxy) is 2. The van der Waals surface area contributed by atoms with Crippen LogP contribution in [0.2, 0.25) is 0 Å². The van der Waals surface area contributed by atoms with Crippen LogP contribution < -0.4 is 9.47 Å². The number of nitrogens with zero attached hydrogens (tertiary/aromatic N) is 1. The van der Waals surface area contributed by atoms with Crippen molar-refractivity contribution < 1.29 is 14.6 Å². The Morgan fingerprint density at radius 3 is 2.57 bits per heavy atom. The van der Waals surface area contributed by atoms with Crippen molar-refractivity contribution in [1.29, 1.82) is 0 Å². The third kappa shape index (κ3) is 5.11. The number of aliphatic hydroxyl groups excluding tert-OH is 1. The Morgan fingerprint density at radius 2 is 1.96 bits per heavy atom. The molecular weight excluding hydrogens is 290 g/mol. The normalized spacial score (nSPS) is 17.9. The molecule has 0 saturated carbocycles. The fraction of sp³-hybridized carbons (Fsp3) is 0.684. The summed E-state index contributed by atoms with van der Waals surface area (Å²) in [6.45, 7) is 10.3. The van der Waals surface area contributed by atoms with Gasteiger partial charge in [0, 0.05) is 12.1 Å². The van der Waals surface area contributed by atoms with Gasteiger partial charge in [0.2, 0.25) is 0 Å². The average Bonchev–Trinajstić information content (AvgIpc) is 2.55. The summed E-state index contributed by atoms with van der Waals surface area (Å²) in [4.78, 5) is 2.45. The molecule has 1 fully saturated rings. The molecule has 1 aliphatic heterocycles. The van der Waals surface area contributed by atoms with Gasteiger partial charge in [-0.2, -0.15) is 0 Å². The van der Waals surface area contributed by atoms with Crippen molar-refractivity contribution in [3.8, 4) is 11.5 Å². The zero-order valence-electron chi connectivity index (χ0n) is 14.8. The van der Waals surface area contributed by atoms with E-state index in [9.17, 15) is 5.11 Å². The molecule has 0 radical (unpaired) electrons. The molecule has 0 amide bonds. The maximum absolute atomic E-state index is 9.73. The summed E-state index contributed by atoms with van der Waals surface area (Å²) in [5, 5.41) is 9.73. The smallest absolute Gasteiger partial charge is 0.165 e. The second kappa shape index (κ2) is 9.14. The van der Waals surface area contributed by atoms with E-state index in [1.807, 2.05) is 26.0 Å². The Labute approximate surface area is 140 Å². The highest BCUT2D eigenvalue weighted by molar-refractivity contribution is 5.46. The van der Waals surface area contributed by atoms with Gasteiger partial charge >= 0.3 is 0 Å². The number of para-hydroxylation sites is 1. The Bertz CT molecular complexity index is 468. The molecule has 1 aromatic carbocycles. The van der Waals surface area contributed by atoms with E-state index in [0.717, 1.165) is 50.4 Å². The van der Waals surface area contributed by atoms with Crippen LogP contribution in [-0.4, -0.2) is 42.4 Å². The maximum atomic E-state index is 9.73. The second-order valence-electron chi connectivity index (χ2n) is 6.38. The number of benzene rings is 1. The maximum Gasteiger partial charge on any atom is 0.165 e. The van der Waals surface area contributed by atoms with Gasteiger partial charge in [0.05, 0.1) is 19.3 Å². The minimum Gasteiger partial charge on any atom is -0.490 e. The molecule has 0 bridgehead atoms.